The second-order valence-corrected chi connectivity index (χ2v) is 7.48. The van der Waals surface area contributed by atoms with Gasteiger partial charge in [0.1, 0.15) is 5.82 Å². The van der Waals surface area contributed by atoms with E-state index in [4.69, 9.17) is 5.73 Å². The monoisotopic (exact) mass is 390 g/mol. The topological polar surface area (TPSA) is 80.9 Å². The number of hydrogen-bond acceptors (Lipinski definition) is 4. The Morgan fingerprint density at radius 2 is 1.90 bits per heavy atom. The predicted octanol–water partition coefficient (Wildman–Crippen LogP) is 3.52. The van der Waals surface area contributed by atoms with E-state index in [0.717, 1.165) is 30.5 Å². The van der Waals surface area contributed by atoms with Crippen LogP contribution in [0.5, 0.6) is 0 Å². The molecule has 1 fully saturated rings. The summed E-state index contributed by atoms with van der Waals surface area (Å²) in [5, 5.41) is 3.00. The molecule has 4 rings (SSSR count). The van der Waals surface area contributed by atoms with Crippen molar-refractivity contribution in [1.29, 1.82) is 0 Å². The van der Waals surface area contributed by atoms with Crippen LogP contribution in [0.15, 0.2) is 67.0 Å². The number of nitrogens with one attached hydrogen (secondary N) is 1. The Morgan fingerprint density at radius 1 is 1.10 bits per heavy atom. The van der Waals surface area contributed by atoms with Crippen molar-refractivity contribution in [1.82, 2.24) is 15.3 Å². The zero-order valence-corrected chi connectivity index (χ0v) is 16.0. The largest absolute Gasteiger partial charge is 0.339 e. The van der Waals surface area contributed by atoms with E-state index in [9.17, 15) is 9.18 Å². The molecule has 0 spiro atoms. The number of nitrogens with zero attached hydrogens (tertiary/aromatic N) is 2. The van der Waals surface area contributed by atoms with E-state index in [1.165, 1.54) is 12.1 Å². The number of aromatic nitrogens is 2. The minimum Gasteiger partial charge on any atom is -0.339 e. The molecular weight excluding hydrogens is 367 g/mol. The summed E-state index contributed by atoms with van der Waals surface area (Å²) in [5.74, 6) is -0.594. The first-order valence-electron chi connectivity index (χ1n) is 9.75. The van der Waals surface area contributed by atoms with Crippen molar-refractivity contribution in [2.75, 3.05) is 6.54 Å². The van der Waals surface area contributed by atoms with Crippen LogP contribution in [0.1, 0.15) is 52.6 Å². The summed E-state index contributed by atoms with van der Waals surface area (Å²) in [5.41, 5.74) is 8.74. The van der Waals surface area contributed by atoms with Crippen molar-refractivity contribution in [3.63, 3.8) is 0 Å². The molecule has 1 aromatic carbocycles. The van der Waals surface area contributed by atoms with Gasteiger partial charge in [-0.15, -0.1) is 0 Å². The van der Waals surface area contributed by atoms with E-state index in [0.29, 0.717) is 17.8 Å². The SMILES string of the molecule is NCC1(c2ccc(C(=O)NC(c3ccc(F)cc3)c3ccccn3)cn2)CCC1. The number of benzene rings is 1. The first-order chi connectivity index (χ1) is 14.1. The molecule has 1 saturated carbocycles. The van der Waals surface area contributed by atoms with E-state index in [1.807, 2.05) is 24.3 Å². The summed E-state index contributed by atoms with van der Waals surface area (Å²) >= 11 is 0. The molecule has 3 aromatic rings. The van der Waals surface area contributed by atoms with Crippen LogP contribution in [0.4, 0.5) is 4.39 Å². The summed E-state index contributed by atoms with van der Waals surface area (Å²) in [4.78, 5) is 21.8. The van der Waals surface area contributed by atoms with Gasteiger partial charge in [-0.05, 0) is 54.8 Å². The first-order valence-corrected chi connectivity index (χ1v) is 9.75. The van der Waals surface area contributed by atoms with Crippen molar-refractivity contribution in [2.45, 2.75) is 30.7 Å². The highest BCUT2D eigenvalue weighted by Crippen LogP contribution is 2.41. The smallest absolute Gasteiger partial charge is 0.253 e. The van der Waals surface area contributed by atoms with Crippen molar-refractivity contribution in [3.05, 3.63) is 95.3 Å². The van der Waals surface area contributed by atoms with E-state index in [-0.39, 0.29) is 17.1 Å². The summed E-state index contributed by atoms with van der Waals surface area (Å²) < 4.78 is 13.4. The molecule has 0 bridgehead atoms. The lowest BCUT2D eigenvalue weighted by Gasteiger charge is -2.40. The van der Waals surface area contributed by atoms with Gasteiger partial charge in [-0.25, -0.2) is 4.39 Å². The summed E-state index contributed by atoms with van der Waals surface area (Å²) in [6.45, 7) is 0.567. The predicted molar refractivity (Wildman–Crippen MR) is 109 cm³/mol. The van der Waals surface area contributed by atoms with Crippen LogP contribution in [0.2, 0.25) is 0 Å². The molecular formula is C23H23FN4O. The zero-order valence-electron chi connectivity index (χ0n) is 16.0. The molecule has 6 heteroatoms. The third-order valence-corrected chi connectivity index (χ3v) is 5.73. The van der Waals surface area contributed by atoms with Gasteiger partial charge in [0, 0.05) is 30.0 Å². The van der Waals surface area contributed by atoms with Crippen LogP contribution < -0.4 is 11.1 Å². The van der Waals surface area contributed by atoms with Crippen molar-refractivity contribution >= 4 is 5.91 Å². The molecule has 2 aromatic heterocycles. The number of carbonyl (C=O) groups is 1. The van der Waals surface area contributed by atoms with Gasteiger partial charge in [0.05, 0.1) is 17.3 Å². The molecule has 1 atom stereocenters. The molecule has 1 unspecified atom stereocenters. The van der Waals surface area contributed by atoms with E-state index >= 15 is 0 Å². The summed E-state index contributed by atoms with van der Waals surface area (Å²) in [7, 11) is 0. The van der Waals surface area contributed by atoms with E-state index in [1.54, 1.807) is 30.6 Å². The third kappa shape index (κ3) is 3.89. The minimum atomic E-state index is -0.494. The molecule has 3 N–H and O–H groups in total. The van der Waals surface area contributed by atoms with Crippen molar-refractivity contribution < 1.29 is 9.18 Å². The number of pyridine rings is 2. The fourth-order valence-electron chi connectivity index (χ4n) is 3.75. The number of nitrogens with two attached hydrogens (primary N) is 1. The number of rotatable bonds is 6. The summed E-state index contributed by atoms with van der Waals surface area (Å²) in [6.07, 6.45) is 6.49. The van der Waals surface area contributed by atoms with Gasteiger partial charge < -0.3 is 11.1 Å². The minimum absolute atomic E-state index is 0.0421. The Morgan fingerprint density at radius 3 is 2.45 bits per heavy atom. The lowest BCUT2D eigenvalue weighted by Crippen LogP contribution is -2.42. The Labute approximate surface area is 169 Å². The maximum atomic E-state index is 13.4. The average molecular weight is 390 g/mol. The fourth-order valence-corrected chi connectivity index (χ4v) is 3.75. The molecule has 0 radical (unpaired) electrons. The molecule has 5 nitrogen and oxygen atoms in total. The Bertz CT molecular complexity index is 965. The standard InChI is InChI=1S/C23H23FN4O/c24-18-8-5-16(6-9-18)21(19-4-1-2-13-26-19)28-22(29)17-7-10-20(27-14-17)23(15-25)11-3-12-23/h1-2,4-10,13-14,21H,3,11-12,15,25H2,(H,28,29). The fraction of sp³-hybridized carbons (Fsp3) is 0.261. The van der Waals surface area contributed by atoms with Crippen LogP contribution in [-0.2, 0) is 5.41 Å². The van der Waals surface area contributed by atoms with Gasteiger partial charge in [-0.2, -0.15) is 0 Å². The molecule has 29 heavy (non-hydrogen) atoms. The van der Waals surface area contributed by atoms with Gasteiger partial charge in [0.15, 0.2) is 0 Å². The maximum Gasteiger partial charge on any atom is 0.253 e. The van der Waals surface area contributed by atoms with Crippen LogP contribution in [-0.4, -0.2) is 22.4 Å². The zero-order chi connectivity index (χ0) is 20.3. The normalized spacial score (nSPS) is 15.9. The lowest BCUT2D eigenvalue weighted by atomic mass is 9.66. The Balaban J connectivity index is 1.57. The highest BCUT2D eigenvalue weighted by molar-refractivity contribution is 5.94. The van der Waals surface area contributed by atoms with E-state index < -0.39 is 6.04 Å². The van der Waals surface area contributed by atoms with Gasteiger partial charge in [0.2, 0.25) is 0 Å². The molecule has 148 valence electrons. The molecule has 0 saturated heterocycles. The van der Waals surface area contributed by atoms with Crippen molar-refractivity contribution in [2.24, 2.45) is 5.73 Å². The Hall–Kier alpha value is -3.12. The van der Waals surface area contributed by atoms with Crippen LogP contribution in [0.25, 0.3) is 0 Å². The second kappa shape index (κ2) is 8.09. The highest BCUT2D eigenvalue weighted by Gasteiger charge is 2.38. The Kier molecular flexibility index (Phi) is 5.36. The van der Waals surface area contributed by atoms with Crippen LogP contribution in [0.3, 0.4) is 0 Å². The highest BCUT2D eigenvalue weighted by atomic mass is 19.1. The van der Waals surface area contributed by atoms with E-state index in [2.05, 4.69) is 15.3 Å². The number of amides is 1. The number of carbonyl (C=O) groups excluding carboxylic acids is 1. The van der Waals surface area contributed by atoms with Gasteiger partial charge in [-0.1, -0.05) is 24.6 Å². The molecule has 1 aliphatic carbocycles. The quantitative estimate of drug-likeness (QED) is 0.675. The lowest BCUT2D eigenvalue weighted by molar-refractivity contribution is 0.0941. The molecule has 1 aliphatic rings. The van der Waals surface area contributed by atoms with Crippen LogP contribution in [0, 0.1) is 5.82 Å². The first kappa shape index (κ1) is 19.2. The summed E-state index contributed by atoms with van der Waals surface area (Å²) in [6, 6.07) is 14.7. The molecule has 0 aliphatic heterocycles. The third-order valence-electron chi connectivity index (χ3n) is 5.73. The molecule has 1 amide bonds. The maximum absolute atomic E-state index is 13.4. The van der Waals surface area contributed by atoms with Crippen LogP contribution >= 0.6 is 0 Å². The molecule has 2 heterocycles. The van der Waals surface area contributed by atoms with Gasteiger partial charge >= 0.3 is 0 Å². The number of halogens is 1. The van der Waals surface area contributed by atoms with Crippen molar-refractivity contribution in [3.8, 4) is 0 Å². The van der Waals surface area contributed by atoms with Gasteiger partial charge in [0.25, 0.3) is 5.91 Å². The number of hydrogen-bond donors (Lipinski definition) is 2. The second-order valence-electron chi connectivity index (χ2n) is 7.48. The van der Waals surface area contributed by atoms with Gasteiger partial charge in [-0.3, -0.25) is 14.8 Å². The average Bonchev–Trinajstić information content (AvgIpc) is 2.73.